The first kappa shape index (κ1) is 25.7. The number of methoxy groups -OCH3 is 1. The molecule has 0 spiro atoms. The molecule has 2 aromatic carbocycles. The Morgan fingerprint density at radius 3 is 2.67 bits per heavy atom. The minimum atomic E-state index is -0.532. The van der Waals surface area contributed by atoms with Crippen molar-refractivity contribution < 1.29 is 19.1 Å². The lowest BCUT2D eigenvalue weighted by atomic mass is 10.0. The van der Waals surface area contributed by atoms with Gasteiger partial charge in [0.1, 0.15) is 22.9 Å². The number of esters is 1. The van der Waals surface area contributed by atoms with Crippen molar-refractivity contribution in [3.8, 4) is 16.9 Å². The van der Waals surface area contributed by atoms with Gasteiger partial charge in [0.15, 0.2) is 11.0 Å². The van der Waals surface area contributed by atoms with Gasteiger partial charge in [0, 0.05) is 23.0 Å². The second-order valence-electron chi connectivity index (χ2n) is 7.75. The number of hydrogen-bond donors (Lipinski definition) is 1. The Morgan fingerprint density at radius 2 is 1.94 bits per heavy atom. The van der Waals surface area contributed by atoms with Crippen LogP contribution in [0, 0.1) is 6.92 Å². The minimum Gasteiger partial charge on any atom is -0.486 e. The van der Waals surface area contributed by atoms with Gasteiger partial charge in [-0.25, -0.2) is 4.79 Å². The molecule has 4 aromatic rings. The van der Waals surface area contributed by atoms with E-state index >= 15 is 0 Å². The van der Waals surface area contributed by atoms with E-state index in [0.717, 1.165) is 16.9 Å². The summed E-state index contributed by atoms with van der Waals surface area (Å²) in [4.78, 5) is 25.2. The van der Waals surface area contributed by atoms with Crippen LogP contribution >= 0.6 is 34.7 Å². The fraction of sp³-hybridized carbons (Fsp3) is 0.200. The maximum Gasteiger partial charge on any atom is 0.341 e. The average molecular weight is 543 g/mol. The lowest BCUT2D eigenvalue weighted by molar-refractivity contribution is -0.113. The van der Waals surface area contributed by atoms with Crippen molar-refractivity contribution in [1.29, 1.82) is 0 Å². The Labute approximate surface area is 221 Å². The van der Waals surface area contributed by atoms with Gasteiger partial charge in [-0.05, 0) is 42.3 Å². The van der Waals surface area contributed by atoms with Crippen LogP contribution in [0.25, 0.3) is 11.1 Å². The summed E-state index contributed by atoms with van der Waals surface area (Å²) in [7, 11) is 3.13. The number of thiophene rings is 1. The van der Waals surface area contributed by atoms with Crippen LogP contribution in [0.15, 0.2) is 59.1 Å². The fourth-order valence-electron chi connectivity index (χ4n) is 3.34. The summed E-state index contributed by atoms with van der Waals surface area (Å²) >= 11 is 8.48. The number of carbonyl (C=O) groups excluding carboxylic acids is 2. The van der Waals surface area contributed by atoms with E-state index < -0.39 is 5.97 Å². The Balaban J connectivity index is 1.40. The maximum absolute atomic E-state index is 12.7. The van der Waals surface area contributed by atoms with Crippen molar-refractivity contribution in [1.82, 2.24) is 14.8 Å². The molecule has 36 heavy (non-hydrogen) atoms. The Hall–Kier alpha value is -3.34. The van der Waals surface area contributed by atoms with Crippen molar-refractivity contribution >= 4 is 51.6 Å². The normalized spacial score (nSPS) is 10.8. The van der Waals surface area contributed by atoms with Crippen molar-refractivity contribution in [2.75, 3.05) is 18.2 Å². The van der Waals surface area contributed by atoms with E-state index in [1.807, 2.05) is 50.4 Å². The molecule has 1 N–H and O–H groups in total. The number of nitrogens with zero attached hydrogens (tertiary/aromatic N) is 3. The van der Waals surface area contributed by atoms with Crippen LogP contribution in [0.5, 0.6) is 5.75 Å². The first-order valence-electron chi connectivity index (χ1n) is 10.8. The molecule has 8 nitrogen and oxygen atoms in total. The summed E-state index contributed by atoms with van der Waals surface area (Å²) < 4.78 is 12.6. The van der Waals surface area contributed by atoms with Crippen LogP contribution in [0.3, 0.4) is 0 Å². The van der Waals surface area contributed by atoms with Gasteiger partial charge in [0.25, 0.3) is 0 Å². The minimum absolute atomic E-state index is 0.0828. The number of anilines is 1. The molecule has 2 aromatic heterocycles. The number of thioether (sulfide) groups is 1. The van der Waals surface area contributed by atoms with Crippen LogP contribution in [-0.4, -0.2) is 39.5 Å². The summed E-state index contributed by atoms with van der Waals surface area (Å²) in [6.07, 6.45) is 0. The van der Waals surface area contributed by atoms with E-state index in [1.165, 1.54) is 30.2 Å². The van der Waals surface area contributed by atoms with Gasteiger partial charge in [0.2, 0.25) is 5.91 Å². The van der Waals surface area contributed by atoms with E-state index in [1.54, 1.807) is 22.1 Å². The van der Waals surface area contributed by atoms with Crippen molar-refractivity contribution in [3.05, 3.63) is 75.9 Å². The number of nitrogens with one attached hydrogen (secondary N) is 1. The molecular weight excluding hydrogens is 520 g/mol. The van der Waals surface area contributed by atoms with Gasteiger partial charge in [-0.2, -0.15) is 0 Å². The molecular formula is C25H23ClN4O4S2. The molecule has 1 amide bonds. The number of carbonyl (C=O) groups is 2. The molecule has 0 aliphatic rings. The standard InChI is InChI=1S/C25H23ClN4O4S2/c1-15-5-4-6-18(11-15)34-12-20-28-29-25(30(20)2)36-14-21(31)27-23-22(24(32)33-3)19(13-35-23)16-7-9-17(26)10-8-16/h4-11,13H,12,14H2,1-3H3,(H,27,31). The summed E-state index contributed by atoms with van der Waals surface area (Å²) in [5, 5.41) is 14.6. The number of ether oxygens (including phenoxy) is 2. The molecule has 0 fully saturated rings. The number of aromatic nitrogens is 3. The first-order chi connectivity index (χ1) is 17.4. The van der Waals surface area contributed by atoms with Crippen molar-refractivity contribution in [2.24, 2.45) is 7.05 Å². The highest BCUT2D eigenvalue weighted by atomic mass is 35.5. The summed E-state index contributed by atoms with van der Waals surface area (Å²) in [6, 6.07) is 14.9. The van der Waals surface area contributed by atoms with Gasteiger partial charge in [-0.3, -0.25) is 4.79 Å². The molecule has 0 aliphatic carbocycles. The molecule has 0 saturated heterocycles. The molecule has 0 unspecified atom stereocenters. The zero-order chi connectivity index (χ0) is 25.7. The third-order valence-electron chi connectivity index (χ3n) is 5.20. The smallest absolute Gasteiger partial charge is 0.341 e. The highest BCUT2D eigenvalue weighted by Gasteiger charge is 2.23. The Morgan fingerprint density at radius 1 is 1.17 bits per heavy atom. The van der Waals surface area contributed by atoms with Crippen LogP contribution in [0.1, 0.15) is 21.7 Å². The van der Waals surface area contributed by atoms with Gasteiger partial charge in [-0.15, -0.1) is 21.5 Å². The number of amides is 1. The Kier molecular flexibility index (Phi) is 8.29. The second-order valence-corrected chi connectivity index (χ2v) is 10.0. The highest BCUT2D eigenvalue weighted by Crippen LogP contribution is 2.36. The van der Waals surface area contributed by atoms with E-state index in [2.05, 4.69) is 15.5 Å². The third-order valence-corrected chi connectivity index (χ3v) is 7.37. The maximum atomic E-state index is 12.7. The topological polar surface area (TPSA) is 95.3 Å². The number of halogens is 1. The molecule has 0 aliphatic heterocycles. The lowest BCUT2D eigenvalue weighted by Crippen LogP contribution is -2.16. The van der Waals surface area contributed by atoms with Crippen LogP contribution < -0.4 is 10.1 Å². The van der Waals surface area contributed by atoms with Crippen molar-refractivity contribution in [3.63, 3.8) is 0 Å². The number of hydrogen-bond acceptors (Lipinski definition) is 8. The van der Waals surface area contributed by atoms with Crippen LogP contribution in [0.2, 0.25) is 5.02 Å². The third kappa shape index (κ3) is 6.07. The van der Waals surface area contributed by atoms with E-state index in [-0.39, 0.29) is 18.3 Å². The molecule has 4 rings (SSSR count). The fourth-order valence-corrected chi connectivity index (χ4v) is 5.17. The lowest BCUT2D eigenvalue weighted by Gasteiger charge is -2.08. The first-order valence-corrected chi connectivity index (χ1v) is 13.1. The monoisotopic (exact) mass is 542 g/mol. The molecule has 2 heterocycles. The predicted octanol–water partition coefficient (Wildman–Crippen LogP) is 5.60. The quantitative estimate of drug-likeness (QED) is 0.217. The van der Waals surface area contributed by atoms with E-state index in [9.17, 15) is 9.59 Å². The predicted molar refractivity (Wildman–Crippen MR) is 142 cm³/mol. The molecule has 0 atom stereocenters. The largest absolute Gasteiger partial charge is 0.486 e. The van der Waals surface area contributed by atoms with Gasteiger partial charge in [0.05, 0.1) is 12.9 Å². The molecule has 186 valence electrons. The Bertz CT molecular complexity index is 1390. The number of benzene rings is 2. The molecule has 0 radical (unpaired) electrons. The van der Waals surface area contributed by atoms with Crippen LogP contribution in [0.4, 0.5) is 5.00 Å². The highest BCUT2D eigenvalue weighted by molar-refractivity contribution is 7.99. The van der Waals surface area contributed by atoms with Gasteiger partial charge >= 0.3 is 5.97 Å². The molecule has 11 heteroatoms. The SMILES string of the molecule is COC(=O)c1c(-c2ccc(Cl)cc2)csc1NC(=O)CSc1nnc(COc2cccc(C)c2)n1C. The summed E-state index contributed by atoms with van der Waals surface area (Å²) in [5.41, 5.74) is 2.87. The van der Waals surface area contributed by atoms with E-state index in [4.69, 9.17) is 21.1 Å². The second kappa shape index (κ2) is 11.6. The zero-order valence-corrected chi connectivity index (χ0v) is 22.2. The molecule has 0 bridgehead atoms. The van der Waals surface area contributed by atoms with Crippen molar-refractivity contribution in [2.45, 2.75) is 18.7 Å². The van der Waals surface area contributed by atoms with E-state index in [0.29, 0.717) is 32.1 Å². The van der Waals surface area contributed by atoms with Gasteiger partial charge in [-0.1, -0.05) is 47.6 Å². The average Bonchev–Trinajstić information content (AvgIpc) is 3.44. The summed E-state index contributed by atoms with van der Waals surface area (Å²) in [5.74, 6) is 0.658. The number of aryl methyl sites for hydroxylation is 1. The molecule has 0 saturated carbocycles. The zero-order valence-electron chi connectivity index (χ0n) is 19.8. The number of rotatable bonds is 9. The van der Waals surface area contributed by atoms with Gasteiger partial charge < -0.3 is 19.4 Å². The van der Waals surface area contributed by atoms with Crippen LogP contribution in [-0.2, 0) is 23.2 Å². The summed E-state index contributed by atoms with van der Waals surface area (Å²) in [6.45, 7) is 2.25.